The van der Waals surface area contributed by atoms with Crippen LogP contribution in [-0.2, 0) is 25.6 Å². The van der Waals surface area contributed by atoms with E-state index in [9.17, 15) is 48.9 Å². The zero-order valence-electron chi connectivity index (χ0n) is 75.9. The first-order chi connectivity index (χ1) is 64.1. The molecule has 9 aromatic heterocycles. The van der Waals surface area contributed by atoms with Gasteiger partial charge >= 0.3 is 5.56 Å². The number of piperazine rings is 3. The summed E-state index contributed by atoms with van der Waals surface area (Å²) < 4.78 is 59.4. The topological polar surface area (TPSA) is 304 Å². The van der Waals surface area contributed by atoms with Crippen LogP contribution in [0, 0.1) is 38.2 Å². The fraction of sp³-hybridized carbons (Fsp3) is 0.323. The Morgan fingerprint density at radius 1 is 0.452 bits per heavy atom. The first-order valence-corrected chi connectivity index (χ1v) is 46.2. The molecule has 0 saturated carbocycles. The molecule has 27 nitrogen and oxygen atoms in total. The molecule has 700 valence electrons. The van der Waals surface area contributed by atoms with Crippen molar-refractivity contribution in [2.45, 2.75) is 156 Å². The molecule has 3 saturated heterocycles. The van der Waals surface area contributed by atoms with Gasteiger partial charge in [-0.25, -0.2) is 28.1 Å². The van der Waals surface area contributed by atoms with Crippen molar-refractivity contribution >= 4 is 149 Å². The Balaban J connectivity index is 0.000000147. The van der Waals surface area contributed by atoms with E-state index < -0.39 is 34.6 Å². The highest BCUT2D eigenvalue weighted by Crippen LogP contribution is 2.50. The van der Waals surface area contributed by atoms with Gasteiger partial charge < -0.3 is 54.4 Å². The van der Waals surface area contributed by atoms with Gasteiger partial charge in [0, 0.05) is 146 Å². The van der Waals surface area contributed by atoms with E-state index in [1.54, 1.807) is 54.9 Å². The van der Waals surface area contributed by atoms with E-state index in [1.807, 2.05) is 94.1 Å². The zero-order valence-corrected chi connectivity index (χ0v) is 80.5. The molecule has 6 aliphatic heterocycles. The minimum Gasteiger partial charge on any atom is -0.508 e. The van der Waals surface area contributed by atoms with Crippen molar-refractivity contribution in [1.82, 2.24) is 58.3 Å². The molecule has 4 amide bonds. The average molecular weight is 1950 g/mol. The number of halogens is 9. The van der Waals surface area contributed by atoms with Crippen LogP contribution in [0.15, 0.2) is 144 Å². The number of hydrogen-bond donors (Lipinski definition) is 3. The van der Waals surface area contributed by atoms with E-state index in [2.05, 4.69) is 39.6 Å². The summed E-state index contributed by atoms with van der Waals surface area (Å²) in [5.74, 6) is -4.05. The average Bonchev–Trinajstić information content (AvgIpc) is 0.985. The summed E-state index contributed by atoms with van der Waals surface area (Å²) >= 11 is 38.2. The van der Waals surface area contributed by atoms with Gasteiger partial charge in [-0.05, 0) is 162 Å². The van der Waals surface area contributed by atoms with E-state index in [1.165, 1.54) is 93.9 Å². The Kier molecular flexibility index (Phi) is 26.4. The number of benzene rings is 3. The van der Waals surface area contributed by atoms with Crippen LogP contribution in [-0.4, -0.2) is 186 Å². The van der Waals surface area contributed by atoms with Crippen LogP contribution in [0.2, 0.25) is 30.1 Å². The highest BCUT2D eigenvalue weighted by Gasteiger charge is 2.48. The van der Waals surface area contributed by atoms with E-state index in [0.29, 0.717) is 119 Å². The molecular weight excluding hydrogens is 1860 g/mol. The number of aryl methyl sites for hydroxylation is 3. The Hall–Kier alpha value is -12.6. The van der Waals surface area contributed by atoms with Gasteiger partial charge in [0.1, 0.15) is 69.2 Å². The number of ether oxygens (including phenoxy) is 1. The number of rotatable bonds is 12. The van der Waals surface area contributed by atoms with E-state index in [-0.39, 0.29) is 212 Å². The Morgan fingerprint density at radius 3 is 1.19 bits per heavy atom. The monoisotopic (exact) mass is 1950 g/mol. The largest absolute Gasteiger partial charge is 0.508 e. The van der Waals surface area contributed by atoms with Crippen LogP contribution in [0.25, 0.3) is 83.9 Å². The molecule has 18 rings (SSSR count). The number of nitrogens with zero attached hydrogens (tertiary/aromatic N) is 16. The van der Waals surface area contributed by atoms with Crippen molar-refractivity contribution in [1.29, 1.82) is 0 Å². The lowest BCUT2D eigenvalue weighted by Crippen LogP contribution is -2.66. The van der Waals surface area contributed by atoms with Crippen LogP contribution in [0.4, 0.5) is 35.9 Å². The molecule has 6 aliphatic rings. The lowest BCUT2D eigenvalue weighted by atomic mass is 9.91. The van der Waals surface area contributed by atoms with Gasteiger partial charge in [0.05, 0.1) is 101 Å². The normalized spacial score (nSPS) is 17.9. The maximum atomic E-state index is 16.3. The van der Waals surface area contributed by atoms with Crippen molar-refractivity contribution in [3.8, 4) is 73.8 Å². The highest BCUT2D eigenvalue weighted by atomic mass is 35.5. The van der Waals surface area contributed by atoms with Gasteiger partial charge in [0.2, 0.25) is 23.5 Å². The predicted octanol–water partition coefficient (Wildman–Crippen LogP) is 18.6. The summed E-state index contributed by atoms with van der Waals surface area (Å²) in [5.41, 5.74) is 6.63. The molecule has 3 fully saturated rings. The summed E-state index contributed by atoms with van der Waals surface area (Å²) in [5, 5.41) is 32.0. The minimum atomic E-state index is -0.843. The van der Waals surface area contributed by atoms with Crippen LogP contribution in [0.1, 0.15) is 132 Å². The van der Waals surface area contributed by atoms with Gasteiger partial charge in [0.15, 0.2) is 11.3 Å². The summed E-state index contributed by atoms with van der Waals surface area (Å²) in [6.07, 6.45) is 10.5. The lowest BCUT2D eigenvalue weighted by Gasteiger charge is -2.49. The second-order valence-electron chi connectivity index (χ2n) is 35.6. The molecule has 0 spiro atoms. The number of carbonyl (C=O) groups is 4. The number of aromatic nitrogens is 9. The molecule has 36 heteroatoms. The number of phenolic OH excluding ortho intramolecular Hbond substituents is 3. The first kappa shape index (κ1) is 95.6. The number of likely N-dealkylation sites (N-methyl/N-ethyl adjacent to an activating group) is 1. The standard InChI is InChI=1S/C33H31Cl2FN6O4.C33H32Cl2FN5O4.C33H32Cl2FN5O3/c1-7-24(44)40-14-23-32(45)39(6)30-29(41(23)13-17(40)5)20-12-22(36)27(19-10-18(43)11-21(34)25(19)35)38-31(20)42(33(30)46)28-16(4)8-9-37-26(28)15(2)3;1-6-25(43)39-15-19-8-10-45-31-30(40(19)14-18(39)5)22-13-24(36)28(21-11-20(42)12-23(34)26(21)35)38-32(22)41(33(31)44)29-17(4)7-9-37-27(29)16(2)3;1-6-26(43)39-15-19-7-8-21-31(40(19)14-18(39)5)23-13-25(36)29(22-11-20(42)12-24(34)27(22)35)38-32(23)41(33(21)44)30-17(4)9-10-37-28(30)16(2)3/h7-12,15,17,23,43H,1,13-14H2,2-6H3;6-7,9,11-13,16,18-19,42H,1,8,10,14-15H2,2-5H3;6,9-13,16,18-19,42H,1,7-8,14-15H2,2-5H3. The maximum Gasteiger partial charge on any atom is 0.301 e. The van der Waals surface area contributed by atoms with Gasteiger partial charge in [0.25, 0.3) is 17.0 Å². The number of fused-ring (bicyclic) bond motifs is 15. The molecule has 15 heterocycles. The minimum absolute atomic E-state index is 0.00420. The van der Waals surface area contributed by atoms with Crippen LogP contribution < -0.4 is 41.0 Å². The van der Waals surface area contributed by atoms with Crippen LogP contribution >= 0.6 is 69.6 Å². The number of amides is 4. The van der Waals surface area contributed by atoms with E-state index in [0.717, 1.165) is 11.1 Å². The third-order valence-electron chi connectivity index (χ3n) is 25.9. The second kappa shape index (κ2) is 37.2. The zero-order chi connectivity index (χ0) is 97.3. The molecule has 3 N–H and O–H groups in total. The molecule has 6 unspecified atom stereocenters. The molecule has 3 aromatic carbocycles. The molecule has 0 bridgehead atoms. The number of pyridine rings is 9. The van der Waals surface area contributed by atoms with Crippen molar-refractivity contribution in [2.24, 2.45) is 0 Å². The quantitative estimate of drug-likeness (QED) is 0.0957. The highest BCUT2D eigenvalue weighted by molar-refractivity contribution is 6.45. The Bertz CT molecular complexity index is 7260. The maximum absolute atomic E-state index is 16.3. The van der Waals surface area contributed by atoms with Crippen molar-refractivity contribution in [3.63, 3.8) is 0 Å². The Morgan fingerprint density at radius 2 is 0.800 bits per heavy atom. The fourth-order valence-corrected chi connectivity index (χ4v) is 20.7. The Labute approximate surface area is 804 Å². The summed E-state index contributed by atoms with van der Waals surface area (Å²) in [6.45, 7) is 36.2. The summed E-state index contributed by atoms with van der Waals surface area (Å²) in [4.78, 5) is 136. The van der Waals surface area contributed by atoms with Gasteiger partial charge in [-0.3, -0.25) is 62.2 Å². The fourth-order valence-electron chi connectivity index (χ4n) is 19.4. The molecule has 6 atom stereocenters. The molecule has 135 heavy (non-hydrogen) atoms. The number of carbonyl (C=O) groups excluding carboxylic acids is 4. The third-order valence-corrected chi connectivity index (χ3v) is 28.3. The summed E-state index contributed by atoms with van der Waals surface area (Å²) in [7, 11) is 1.50. The molecule has 0 aliphatic carbocycles. The van der Waals surface area contributed by atoms with Crippen LogP contribution in [0.5, 0.6) is 23.0 Å². The van der Waals surface area contributed by atoms with Crippen LogP contribution in [0.3, 0.4) is 0 Å². The SMILES string of the molecule is C=CC(=O)N1CC2C(=O)N(C)c3c(c4cc(F)c(-c5cc(O)cc(Cl)c5Cl)nc4n(-c4c(C)ccnc4C(C)C)c3=O)N2CC1C.C=CC(=O)N1CC2CCOc3c(c4cc(F)c(-c5cc(O)cc(Cl)c5Cl)nc4n(-c4c(C)ccnc4C(C)C)c3=O)N2CC1C.C=CC(=O)N1CC2CCc3c(c4cc(F)c(-c5cc(O)cc(Cl)c5Cl)nc4n(-c4c(C)ccnc4C(C)C)c3=O)N2CC1C. The smallest absolute Gasteiger partial charge is 0.301 e. The van der Waals surface area contributed by atoms with Gasteiger partial charge in [-0.2, -0.15) is 0 Å². The molecule has 0 radical (unpaired) electrons. The molecular formula is C99H95Cl6F3N16O11. The number of hydrogen-bond acceptors (Lipinski definition) is 20. The predicted molar refractivity (Wildman–Crippen MR) is 522 cm³/mol. The third kappa shape index (κ3) is 16.7. The van der Waals surface area contributed by atoms with Crippen molar-refractivity contribution < 1.29 is 52.4 Å². The number of phenols is 3. The van der Waals surface area contributed by atoms with E-state index in [4.69, 9.17) is 89.3 Å². The lowest BCUT2D eigenvalue weighted by molar-refractivity contribution is -0.131. The first-order valence-electron chi connectivity index (χ1n) is 43.9. The van der Waals surface area contributed by atoms with Crippen molar-refractivity contribution in [3.05, 3.63) is 247 Å². The number of aromatic hydroxyl groups is 3. The number of anilines is 4. The van der Waals surface area contributed by atoms with E-state index >= 15 is 13.2 Å². The summed E-state index contributed by atoms with van der Waals surface area (Å²) in [6, 6.07) is 15.1. The van der Waals surface area contributed by atoms with Crippen molar-refractivity contribution in [2.75, 3.05) is 72.5 Å². The van der Waals surface area contributed by atoms with Gasteiger partial charge in [-0.15, -0.1) is 0 Å². The molecule has 12 aromatic rings. The second-order valence-corrected chi connectivity index (χ2v) is 38.0. The van der Waals surface area contributed by atoms with Gasteiger partial charge in [-0.1, -0.05) is 131 Å².